The molecule has 9 heteroatoms. The molecule has 0 unspecified atom stereocenters. The maximum Gasteiger partial charge on any atom is 0.194 e. The van der Waals surface area contributed by atoms with E-state index in [1.807, 2.05) is 18.6 Å². The molecular formula is C23H37IN8. The number of piperazine rings is 1. The third kappa shape index (κ3) is 6.79. The quantitative estimate of drug-likeness (QED) is 0.323. The SMILES string of the molecule is CCc1nncn1CCNC(=NCC1CCCCC1)N1CCN(c2ccccn2)CC1.I. The third-order valence-electron chi connectivity index (χ3n) is 6.42. The zero-order valence-corrected chi connectivity index (χ0v) is 21.5. The summed E-state index contributed by atoms with van der Waals surface area (Å²) in [5.41, 5.74) is 0. The van der Waals surface area contributed by atoms with Crippen LogP contribution in [0.2, 0.25) is 0 Å². The van der Waals surface area contributed by atoms with Gasteiger partial charge in [-0.2, -0.15) is 0 Å². The van der Waals surface area contributed by atoms with Gasteiger partial charge < -0.3 is 19.7 Å². The fraction of sp³-hybridized carbons (Fsp3) is 0.652. The van der Waals surface area contributed by atoms with E-state index in [0.29, 0.717) is 0 Å². The lowest BCUT2D eigenvalue weighted by Crippen LogP contribution is -2.53. The van der Waals surface area contributed by atoms with Crippen LogP contribution < -0.4 is 10.2 Å². The van der Waals surface area contributed by atoms with Crippen molar-refractivity contribution in [2.45, 2.75) is 52.0 Å². The van der Waals surface area contributed by atoms with Crippen molar-refractivity contribution in [2.75, 3.05) is 44.2 Å². The number of rotatable bonds is 7. The number of aryl methyl sites for hydroxylation is 1. The number of nitrogens with zero attached hydrogens (tertiary/aromatic N) is 7. The van der Waals surface area contributed by atoms with E-state index in [1.165, 1.54) is 32.1 Å². The lowest BCUT2D eigenvalue weighted by Gasteiger charge is -2.37. The molecule has 32 heavy (non-hydrogen) atoms. The number of guanidine groups is 1. The number of aromatic nitrogens is 4. The first kappa shape index (κ1) is 24.7. The fourth-order valence-electron chi connectivity index (χ4n) is 4.57. The minimum absolute atomic E-state index is 0. The van der Waals surface area contributed by atoms with Gasteiger partial charge in [-0.1, -0.05) is 32.3 Å². The molecule has 8 nitrogen and oxygen atoms in total. The van der Waals surface area contributed by atoms with E-state index >= 15 is 0 Å². The summed E-state index contributed by atoms with van der Waals surface area (Å²) in [7, 11) is 0. The van der Waals surface area contributed by atoms with Crippen molar-refractivity contribution in [3.63, 3.8) is 0 Å². The molecule has 1 saturated carbocycles. The average Bonchev–Trinajstić information content (AvgIpc) is 3.30. The fourth-order valence-corrected chi connectivity index (χ4v) is 4.57. The molecule has 2 aromatic heterocycles. The summed E-state index contributed by atoms with van der Waals surface area (Å²) in [5, 5.41) is 11.9. The lowest BCUT2D eigenvalue weighted by atomic mass is 9.89. The molecule has 1 aliphatic heterocycles. The molecule has 2 aromatic rings. The van der Waals surface area contributed by atoms with Crippen LogP contribution in [0.3, 0.4) is 0 Å². The van der Waals surface area contributed by atoms with Crippen LogP contribution >= 0.6 is 24.0 Å². The molecule has 0 spiro atoms. The van der Waals surface area contributed by atoms with Gasteiger partial charge in [0.1, 0.15) is 18.0 Å². The summed E-state index contributed by atoms with van der Waals surface area (Å²) in [4.78, 5) is 14.4. The molecule has 1 N–H and O–H groups in total. The minimum atomic E-state index is 0. The lowest BCUT2D eigenvalue weighted by molar-refractivity contribution is 0.351. The van der Waals surface area contributed by atoms with Crippen LogP contribution in [0.4, 0.5) is 5.82 Å². The summed E-state index contributed by atoms with van der Waals surface area (Å²) in [6.07, 6.45) is 11.4. The Bertz CT molecular complexity index is 810. The molecule has 2 fully saturated rings. The summed E-state index contributed by atoms with van der Waals surface area (Å²) in [6.45, 7) is 8.59. The molecule has 0 aromatic carbocycles. The van der Waals surface area contributed by atoms with E-state index in [0.717, 1.165) is 75.8 Å². The average molecular weight is 553 g/mol. The Morgan fingerprint density at radius 2 is 1.94 bits per heavy atom. The smallest absolute Gasteiger partial charge is 0.194 e. The molecule has 0 atom stereocenters. The topological polar surface area (TPSA) is 74.5 Å². The van der Waals surface area contributed by atoms with Gasteiger partial charge in [0.15, 0.2) is 5.96 Å². The Kier molecular flexibility index (Phi) is 10.0. The zero-order chi connectivity index (χ0) is 21.3. The van der Waals surface area contributed by atoms with Gasteiger partial charge in [-0.15, -0.1) is 34.2 Å². The van der Waals surface area contributed by atoms with E-state index in [-0.39, 0.29) is 24.0 Å². The highest BCUT2D eigenvalue weighted by molar-refractivity contribution is 14.0. The van der Waals surface area contributed by atoms with Crippen molar-refractivity contribution in [1.29, 1.82) is 0 Å². The first-order chi connectivity index (χ1) is 15.3. The maximum atomic E-state index is 5.09. The van der Waals surface area contributed by atoms with E-state index < -0.39 is 0 Å². The normalized spacial score (nSPS) is 17.8. The van der Waals surface area contributed by atoms with Gasteiger partial charge in [0, 0.05) is 58.4 Å². The van der Waals surface area contributed by atoms with Gasteiger partial charge in [-0.25, -0.2) is 4.98 Å². The summed E-state index contributed by atoms with van der Waals surface area (Å²) in [6, 6.07) is 6.12. The number of hydrogen-bond acceptors (Lipinski definition) is 5. The number of halogens is 1. The highest BCUT2D eigenvalue weighted by atomic mass is 127. The van der Waals surface area contributed by atoms with Crippen LogP contribution in [0.5, 0.6) is 0 Å². The summed E-state index contributed by atoms with van der Waals surface area (Å²) >= 11 is 0. The number of hydrogen-bond donors (Lipinski definition) is 1. The highest BCUT2D eigenvalue weighted by Gasteiger charge is 2.21. The van der Waals surface area contributed by atoms with E-state index in [1.54, 1.807) is 0 Å². The molecule has 2 aliphatic rings. The Balaban J connectivity index is 0.00000289. The van der Waals surface area contributed by atoms with E-state index in [4.69, 9.17) is 4.99 Å². The van der Waals surface area contributed by atoms with Crippen LogP contribution in [0.15, 0.2) is 35.7 Å². The zero-order valence-electron chi connectivity index (χ0n) is 19.2. The van der Waals surface area contributed by atoms with Gasteiger partial charge in [0.05, 0.1) is 0 Å². The van der Waals surface area contributed by atoms with Gasteiger partial charge >= 0.3 is 0 Å². The molecule has 3 heterocycles. The van der Waals surface area contributed by atoms with Crippen molar-refractivity contribution in [2.24, 2.45) is 10.9 Å². The van der Waals surface area contributed by atoms with Crippen molar-refractivity contribution in [3.8, 4) is 0 Å². The molecule has 0 radical (unpaired) electrons. The van der Waals surface area contributed by atoms with Crippen molar-refractivity contribution >= 4 is 35.8 Å². The summed E-state index contributed by atoms with van der Waals surface area (Å²) < 4.78 is 2.13. The summed E-state index contributed by atoms with van der Waals surface area (Å²) in [5.74, 6) is 3.89. The Labute approximate surface area is 208 Å². The molecule has 176 valence electrons. The Morgan fingerprint density at radius 1 is 1.12 bits per heavy atom. The molecule has 4 rings (SSSR count). The second-order valence-electron chi connectivity index (χ2n) is 8.55. The predicted octanol–water partition coefficient (Wildman–Crippen LogP) is 3.20. The van der Waals surface area contributed by atoms with Crippen LogP contribution in [-0.4, -0.2) is 69.9 Å². The first-order valence-corrected chi connectivity index (χ1v) is 11.9. The van der Waals surface area contributed by atoms with Crippen LogP contribution in [0.1, 0.15) is 44.9 Å². The van der Waals surface area contributed by atoms with Gasteiger partial charge in [0.25, 0.3) is 0 Å². The minimum Gasteiger partial charge on any atom is -0.354 e. The van der Waals surface area contributed by atoms with Crippen LogP contribution in [-0.2, 0) is 13.0 Å². The van der Waals surface area contributed by atoms with Crippen molar-refractivity contribution in [1.82, 2.24) is 30.0 Å². The molecule has 0 amide bonds. The predicted molar refractivity (Wildman–Crippen MR) is 140 cm³/mol. The van der Waals surface area contributed by atoms with E-state index in [2.05, 4.69) is 53.9 Å². The second kappa shape index (κ2) is 13.0. The van der Waals surface area contributed by atoms with Gasteiger partial charge in [-0.3, -0.25) is 4.99 Å². The third-order valence-corrected chi connectivity index (χ3v) is 6.42. The largest absolute Gasteiger partial charge is 0.354 e. The van der Waals surface area contributed by atoms with Crippen molar-refractivity contribution in [3.05, 3.63) is 36.5 Å². The second-order valence-corrected chi connectivity index (χ2v) is 8.55. The molecule has 1 aliphatic carbocycles. The van der Waals surface area contributed by atoms with E-state index in [9.17, 15) is 0 Å². The molecule has 1 saturated heterocycles. The standard InChI is InChI=1S/C23H36N8.HI/c1-2-21-28-27-19-31(21)13-12-25-23(26-18-20-8-4-3-5-9-20)30-16-14-29(15-17-30)22-10-6-7-11-24-22;/h6-7,10-11,19-20H,2-5,8-9,12-18H2,1H3,(H,25,26);1H. The first-order valence-electron chi connectivity index (χ1n) is 11.9. The van der Waals surface area contributed by atoms with Crippen molar-refractivity contribution < 1.29 is 0 Å². The highest BCUT2D eigenvalue weighted by Crippen LogP contribution is 2.23. The molecule has 0 bridgehead atoms. The maximum absolute atomic E-state index is 5.09. The number of pyridine rings is 1. The number of anilines is 1. The Morgan fingerprint density at radius 3 is 2.66 bits per heavy atom. The van der Waals surface area contributed by atoms with Crippen LogP contribution in [0.25, 0.3) is 0 Å². The van der Waals surface area contributed by atoms with Gasteiger partial charge in [-0.05, 0) is 30.9 Å². The number of nitrogens with one attached hydrogen (secondary N) is 1. The Hall–Kier alpha value is -1.91. The monoisotopic (exact) mass is 552 g/mol. The number of aliphatic imine (C=N–C) groups is 1. The van der Waals surface area contributed by atoms with Crippen LogP contribution in [0, 0.1) is 5.92 Å². The molecular weight excluding hydrogens is 515 g/mol. The van der Waals surface area contributed by atoms with Gasteiger partial charge in [0.2, 0.25) is 0 Å².